The first-order valence-corrected chi connectivity index (χ1v) is 12.3. The van der Waals surface area contributed by atoms with Crippen molar-refractivity contribution < 1.29 is 14.3 Å². The van der Waals surface area contributed by atoms with Gasteiger partial charge in [-0.3, -0.25) is 9.59 Å². The molecule has 0 spiro atoms. The Hall–Kier alpha value is -2.05. The Morgan fingerprint density at radius 1 is 1.19 bits per heavy atom. The fourth-order valence-corrected chi connectivity index (χ4v) is 5.27. The van der Waals surface area contributed by atoms with Crippen molar-refractivity contribution in [2.24, 2.45) is 5.92 Å². The number of benzene rings is 1. The number of likely N-dealkylation sites (N-methyl/N-ethyl adjacent to an activating group) is 1. The summed E-state index contributed by atoms with van der Waals surface area (Å²) >= 11 is 5.93. The molecule has 3 atom stereocenters. The molecule has 2 aliphatic carbocycles. The van der Waals surface area contributed by atoms with Crippen molar-refractivity contribution in [3.63, 3.8) is 0 Å². The summed E-state index contributed by atoms with van der Waals surface area (Å²) in [6, 6.07) is 7.80. The minimum Gasteiger partial charge on any atom is -0.483 e. The maximum Gasteiger partial charge on any atom is 0.286 e. The molecule has 7 heteroatoms. The lowest BCUT2D eigenvalue weighted by atomic mass is 9.82. The van der Waals surface area contributed by atoms with E-state index in [1.807, 2.05) is 12.1 Å². The molecular weight excluding hydrogens is 426 g/mol. The van der Waals surface area contributed by atoms with Crippen LogP contribution >= 0.6 is 11.6 Å². The molecule has 0 aromatic heterocycles. The van der Waals surface area contributed by atoms with E-state index in [1.54, 1.807) is 18.2 Å². The lowest BCUT2D eigenvalue weighted by Gasteiger charge is -2.39. The zero-order valence-corrected chi connectivity index (χ0v) is 19.6. The maximum atomic E-state index is 12.7. The molecule has 3 fully saturated rings. The normalized spacial score (nSPS) is 27.5. The smallest absolute Gasteiger partial charge is 0.286 e. The molecule has 1 heterocycles. The van der Waals surface area contributed by atoms with Gasteiger partial charge in [-0.05, 0) is 62.9 Å². The Balaban J connectivity index is 1.24. The maximum absolute atomic E-state index is 12.7. The monoisotopic (exact) mass is 459 g/mol. The summed E-state index contributed by atoms with van der Waals surface area (Å²) in [5.41, 5.74) is 0.865. The molecule has 2 N–H and O–H groups in total. The van der Waals surface area contributed by atoms with Crippen molar-refractivity contribution in [1.82, 2.24) is 15.5 Å². The van der Waals surface area contributed by atoms with Gasteiger partial charge >= 0.3 is 0 Å². The number of hydrogen-bond acceptors (Lipinski definition) is 4. The van der Waals surface area contributed by atoms with Crippen LogP contribution in [-0.2, 0) is 14.3 Å². The third-order valence-corrected chi connectivity index (χ3v) is 7.36. The Labute approximate surface area is 195 Å². The highest BCUT2D eigenvalue weighted by molar-refractivity contribution is 6.30. The van der Waals surface area contributed by atoms with Crippen LogP contribution in [-0.4, -0.2) is 55.0 Å². The Morgan fingerprint density at radius 3 is 2.69 bits per heavy atom. The fourth-order valence-electron chi connectivity index (χ4n) is 5.14. The van der Waals surface area contributed by atoms with Crippen LogP contribution in [0.25, 0.3) is 6.08 Å². The van der Waals surface area contributed by atoms with E-state index >= 15 is 0 Å². The Kier molecular flexibility index (Phi) is 7.74. The first-order valence-electron chi connectivity index (χ1n) is 11.9. The summed E-state index contributed by atoms with van der Waals surface area (Å²) in [5.74, 6) is 0.109. The number of carbonyl (C=O) groups is 2. The van der Waals surface area contributed by atoms with Gasteiger partial charge in [0.1, 0.15) is 6.10 Å². The number of nitrogens with one attached hydrogen (secondary N) is 2. The number of amides is 2. The van der Waals surface area contributed by atoms with E-state index in [0.29, 0.717) is 29.8 Å². The van der Waals surface area contributed by atoms with Crippen molar-refractivity contribution >= 4 is 29.5 Å². The van der Waals surface area contributed by atoms with E-state index in [9.17, 15) is 9.59 Å². The van der Waals surface area contributed by atoms with Gasteiger partial charge in [0.15, 0.2) is 5.76 Å². The second-order valence-corrected chi connectivity index (χ2v) is 9.81. The topological polar surface area (TPSA) is 70.7 Å². The summed E-state index contributed by atoms with van der Waals surface area (Å²) < 4.78 is 6.02. The fraction of sp³-hybridized carbons (Fsp3) is 0.600. The summed E-state index contributed by atoms with van der Waals surface area (Å²) in [5, 5.41) is 6.83. The van der Waals surface area contributed by atoms with Crippen LogP contribution in [0.3, 0.4) is 0 Å². The SMILES string of the molecule is CN(CCNC(=O)C1CCC2O/C(=C\c3ccc(Cl)cc3)C(=O)NC2C1)C1CCCCC1. The zero-order valence-electron chi connectivity index (χ0n) is 18.8. The van der Waals surface area contributed by atoms with Crippen LogP contribution in [0.5, 0.6) is 0 Å². The summed E-state index contributed by atoms with van der Waals surface area (Å²) in [6.07, 6.45) is 10.3. The van der Waals surface area contributed by atoms with E-state index in [-0.39, 0.29) is 29.9 Å². The number of fused-ring (bicyclic) bond motifs is 1. The van der Waals surface area contributed by atoms with Gasteiger partial charge in [0, 0.05) is 30.1 Å². The minimum atomic E-state index is -0.226. The second kappa shape index (κ2) is 10.7. The zero-order chi connectivity index (χ0) is 22.5. The number of hydrogen-bond donors (Lipinski definition) is 2. The molecule has 32 heavy (non-hydrogen) atoms. The number of morpholine rings is 1. The molecule has 3 aliphatic rings. The summed E-state index contributed by atoms with van der Waals surface area (Å²) in [7, 11) is 2.16. The van der Waals surface area contributed by atoms with Gasteiger partial charge in [0.25, 0.3) is 5.91 Å². The quantitative estimate of drug-likeness (QED) is 0.635. The van der Waals surface area contributed by atoms with Crippen LogP contribution in [0, 0.1) is 5.92 Å². The molecule has 174 valence electrons. The third kappa shape index (κ3) is 5.84. The van der Waals surface area contributed by atoms with Crippen molar-refractivity contribution in [3.05, 3.63) is 40.6 Å². The van der Waals surface area contributed by atoms with Gasteiger partial charge < -0.3 is 20.3 Å². The molecule has 1 aromatic rings. The van der Waals surface area contributed by atoms with Crippen LogP contribution in [0.4, 0.5) is 0 Å². The van der Waals surface area contributed by atoms with Gasteiger partial charge in [-0.15, -0.1) is 0 Å². The largest absolute Gasteiger partial charge is 0.483 e. The van der Waals surface area contributed by atoms with Crippen molar-refractivity contribution in [2.75, 3.05) is 20.1 Å². The molecule has 2 saturated carbocycles. The number of halogens is 1. The van der Waals surface area contributed by atoms with Gasteiger partial charge in [-0.1, -0.05) is 43.0 Å². The van der Waals surface area contributed by atoms with Crippen molar-refractivity contribution in [2.45, 2.75) is 69.6 Å². The highest BCUT2D eigenvalue weighted by Crippen LogP contribution is 2.31. The predicted molar refractivity (Wildman–Crippen MR) is 126 cm³/mol. The number of rotatable bonds is 6. The van der Waals surface area contributed by atoms with E-state index in [4.69, 9.17) is 16.3 Å². The number of nitrogens with zero attached hydrogens (tertiary/aromatic N) is 1. The Bertz CT molecular complexity index is 835. The lowest BCUT2D eigenvalue weighted by Crippen LogP contribution is -2.55. The van der Waals surface area contributed by atoms with Crippen LogP contribution in [0.2, 0.25) is 5.02 Å². The van der Waals surface area contributed by atoms with Gasteiger partial charge in [-0.25, -0.2) is 0 Å². The van der Waals surface area contributed by atoms with Crippen LogP contribution < -0.4 is 10.6 Å². The highest BCUT2D eigenvalue weighted by atomic mass is 35.5. The molecule has 0 radical (unpaired) electrons. The molecule has 0 bridgehead atoms. The molecule has 2 amide bonds. The first-order chi connectivity index (χ1) is 15.5. The Morgan fingerprint density at radius 2 is 1.94 bits per heavy atom. The lowest BCUT2D eigenvalue weighted by molar-refractivity contribution is -0.134. The molecule has 4 rings (SSSR count). The van der Waals surface area contributed by atoms with Crippen molar-refractivity contribution in [1.29, 1.82) is 0 Å². The highest BCUT2D eigenvalue weighted by Gasteiger charge is 2.40. The molecular formula is C25H34ClN3O3. The van der Waals surface area contributed by atoms with E-state index in [0.717, 1.165) is 24.9 Å². The average molecular weight is 460 g/mol. The predicted octanol–water partition coefficient (Wildman–Crippen LogP) is 3.75. The summed E-state index contributed by atoms with van der Waals surface area (Å²) in [4.78, 5) is 27.7. The van der Waals surface area contributed by atoms with Crippen LogP contribution in [0.15, 0.2) is 30.0 Å². The van der Waals surface area contributed by atoms with Crippen LogP contribution in [0.1, 0.15) is 56.9 Å². The molecule has 3 unspecified atom stereocenters. The second-order valence-electron chi connectivity index (χ2n) is 9.37. The average Bonchev–Trinajstić information content (AvgIpc) is 2.81. The van der Waals surface area contributed by atoms with Gasteiger partial charge in [0.2, 0.25) is 5.91 Å². The summed E-state index contributed by atoms with van der Waals surface area (Å²) in [6.45, 7) is 1.56. The standard InChI is InChI=1S/C25H34ClN3O3/c1-29(20-5-3-2-4-6-20)14-13-27-24(30)18-9-12-22-21(16-18)28-25(31)23(32-22)15-17-7-10-19(26)11-8-17/h7-8,10-11,15,18,20-22H,2-6,9,12-14,16H2,1H3,(H,27,30)(H,28,31)/b23-15-. The van der Waals surface area contributed by atoms with E-state index < -0.39 is 0 Å². The number of ether oxygens (including phenoxy) is 1. The van der Waals surface area contributed by atoms with Crippen molar-refractivity contribution in [3.8, 4) is 0 Å². The molecule has 1 saturated heterocycles. The van der Waals surface area contributed by atoms with Gasteiger partial charge in [-0.2, -0.15) is 0 Å². The van der Waals surface area contributed by atoms with E-state index in [1.165, 1.54) is 32.1 Å². The van der Waals surface area contributed by atoms with E-state index in [2.05, 4.69) is 22.6 Å². The minimum absolute atomic E-state index is 0.0815. The first kappa shape index (κ1) is 23.1. The molecule has 1 aliphatic heterocycles. The molecule has 6 nitrogen and oxygen atoms in total. The third-order valence-electron chi connectivity index (χ3n) is 7.11. The van der Waals surface area contributed by atoms with Gasteiger partial charge in [0.05, 0.1) is 6.04 Å². The molecule has 1 aromatic carbocycles. The number of carbonyl (C=O) groups excluding carboxylic acids is 2.